The largest absolute Gasteiger partial charge is 1.00 e. The maximum Gasteiger partial charge on any atom is 0.415 e. The molecule has 0 aromatic carbocycles. The van der Waals surface area contributed by atoms with Gasteiger partial charge in [-0.15, -0.1) is 0 Å². The fourth-order valence-corrected chi connectivity index (χ4v) is 1.29. The Morgan fingerprint density at radius 1 is 1.62 bits per heavy atom. The third-order valence-electron chi connectivity index (χ3n) is 2.36. The Kier molecular flexibility index (Phi) is 6.58. The summed E-state index contributed by atoms with van der Waals surface area (Å²) in [4.78, 5) is 13.6. The van der Waals surface area contributed by atoms with Gasteiger partial charge in [-0.2, -0.15) is 4.57 Å². The Morgan fingerprint density at radius 2 is 2.25 bits per heavy atom. The molecule has 92 valence electrons. The SMILES string of the molecule is COCC(C)N(C)C(=O)n1cc[n+](C)c1.[I-]. The van der Waals surface area contributed by atoms with E-state index in [4.69, 9.17) is 4.74 Å². The van der Waals surface area contributed by atoms with Crippen LogP contribution < -0.4 is 28.5 Å². The third kappa shape index (κ3) is 3.75. The van der Waals surface area contributed by atoms with E-state index in [1.807, 2.05) is 24.7 Å². The number of hydrogen-bond acceptors (Lipinski definition) is 2. The molecule has 6 heteroatoms. The Labute approximate surface area is 113 Å². The van der Waals surface area contributed by atoms with E-state index in [2.05, 4.69) is 0 Å². The zero-order valence-electron chi connectivity index (χ0n) is 10.1. The number of carbonyl (C=O) groups is 1. The van der Waals surface area contributed by atoms with Crippen LogP contribution in [0.15, 0.2) is 18.7 Å². The first-order chi connectivity index (χ1) is 7.06. The molecule has 1 rings (SSSR count). The molecule has 1 aromatic rings. The number of amides is 1. The van der Waals surface area contributed by atoms with Gasteiger partial charge in [-0.3, -0.25) is 0 Å². The molecule has 5 nitrogen and oxygen atoms in total. The minimum absolute atomic E-state index is 0. The highest BCUT2D eigenvalue weighted by atomic mass is 127. The van der Waals surface area contributed by atoms with Crippen LogP contribution in [-0.2, 0) is 11.8 Å². The van der Waals surface area contributed by atoms with Gasteiger partial charge in [0.15, 0.2) is 0 Å². The number of carbonyl (C=O) groups excluding carboxylic acids is 1. The van der Waals surface area contributed by atoms with E-state index in [9.17, 15) is 4.79 Å². The number of nitrogens with zero attached hydrogens (tertiary/aromatic N) is 3. The molecular formula is C10H18IN3O2. The summed E-state index contributed by atoms with van der Waals surface area (Å²) >= 11 is 0. The summed E-state index contributed by atoms with van der Waals surface area (Å²) in [7, 11) is 5.28. The Hall–Kier alpha value is -0.630. The number of hydrogen-bond donors (Lipinski definition) is 0. The molecule has 1 amide bonds. The third-order valence-corrected chi connectivity index (χ3v) is 2.36. The summed E-state index contributed by atoms with van der Waals surface area (Å²) < 4.78 is 8.38. The average molecular weight is 339 g/mol. The van der Waals surface area contributed by atoms with Crippen molar-refractivity contribution >= 4 is 6.03 Å². The van der Waals surface area contributed by atoms with Crippen LogP contribution in [0.4, 0.5) is 4.79 Å². The molecule has 0 aliphatic heterocycles. The number of rotatable bonds is 3. The van der Waals surface area contributed by atoms with Crippen molar-refractivity contribution in [3.05, 3.63) is 18.7 Å². The second-order valence-corrected chi connectivity index (χ2v) is 3.68. The van der Waals surface area contributed by atoms with Crippen LogP contribution in [0, 0.1) is 0 Å². The lowest BCUT2D eigenvalue weighted by molar-refractivity contribution is -0.670. The number of ether oxygens (including phenoxy) is 1. The summed E-state index contributed by atoms with van der Waals surface area (Å²) in [6.45, 7) is 2.49. The van der Waals surface area contributed by atoms with Crippen molar-refractivity contribution in [2.24, 2.45) is 7.05 Å². The average Bonchev–Trinajstić information content (AvgIpc) is 2.63. The van der Waals surface area contributed by atoms with Crippen molar-refractivity contribution in [1.29, 1.82) is 0 Å². The summed E-state index contributed by atoms with van der Waals surface area (Å²) in [6, 6.07) is 0.00959. The van der Waals surface area contributed by atoms with E-state index >= 15 is 0 Å². The first-order valence-corrected chi connectivity index (χ1v) is 4.85. The molecule has 1 unspecified atom stereocenters. The molecule has 1 atom stereocenters. The lowest BCUT2D eigenvalue weighted by Crippen LogP contribution is -3.00. The summed E-state index contributed by atoms with van der Waals surface area (Å²) in [5, 5.41) is 0. The summed E-state index contributed by atoms with van der Waals surface area (Å²) in [5.74, 6) is 0. The molecule has 0 radical (unpaired) electrons. The molecule has 16 heavy (non-hydrogen) atoms. The second kappa shape index (κ2) is 6.85. The summed E-state index contributed by atoms with van der Waals surface area (Å²) in [6.07, 6.45) is 5.30. The van der Waals surface area contributed by atoms with Crippen LogP contribution in [0.1, 0.15) is 6.92 Å². The lowest BCUT2D eigenvalue weighted by Gasteiger charge is -2.21. The van der Waals surface area contributed by atoms with Crippen LogP contribution in [0.5, 0.6) is 0 Å². The van der Waals surface area contributed by atoms with Gasteiger partial charge in [0.2, 0.25) is 0 Å². The Balaban J connectivity index is 0.00000225. The highest BCUT2D eigenvalue weighted by molar-refractivity contribution is 5.76. The van der Waals surface area contributed by atoms with Crippen molar-refractivity contribution in [3.63, 3.8) is 0 Å². The predicted molar refractivity (Wildman–Crippen MR) is 55.5 cm³/mol. The van der Waals surface area contributed by atoms with Crippen LogP contribution in [0.3, 0.4) is 0 Å². The Bertz CT molecular complexity index is 341. The first-order valence-electron chi connectivity index (χ1n) is 4.85. The van der Waals surface area contributed by atoms with Crippen LogP contribution in [0.2, 0.25) is 0 Å². The zero-order valence-corrected chi connectivity index (χ0v) is 12.2. The van der Waals surface area contributed by atoms with Gasteiger partial charge in [-0.05, 0) is 6.92 Å². The number of aromatic nitrogens is 2. The molecule has 1 aromatic heterocycles. The number of imidazole rings is 1. The van der Waals surface area contributed by atoms with Crippen LogP contribution >= 0.6 is 0 Å². The zero-order chi connectivity index (χ0) is 11.4. The molecule has 0 N–H and O–H groups in total. The van der Waals surface area contributed by atoms with Gasteiger partial charge in [0.25, 0.3) is 6.33 Å². The number of aryl methyl sites for hydroxylation is 1. The predicted octanol–water partition coefficient (Wildman–Crippen LogP) is -2.75. The van der Waals surface area contributed by atoms with Crippen LogP contribution in [-0.4, -0.2) is 42.3 Å². The van der Waals surface area contributed by atoms with Gasteiger partial charge in [0, 0.05) is 14.2 Å². The van der Waals surface area contributed by atoms with E-state index in [1.54, 1.807) is 36.1 Å². The molecule has 0 bridgehead atoms. The normalized spacial score (nSPS) is 11.8. The minimum atomic E-state index is -0.0554. The van der Waals surface area contributed by atoms with E-state index < -0.39 is 0 Å². The summed E-state index contributed by atoms with van der Waals surface area (Å²) in [5.41, 5.74) is 0. The minimum Gasteiger partial charge on any atom is -1.00 e. The molecule has 0 spiro atoms. The standard InChI is InChI=1S/C10H18N3O2.HI/c1-9(7-15-4)12(3)10(14)13-6-5-11(2)8-13;/h5-6,8-9H,7H2,1-4H3;1H/q+1;/p-1. The van der Waals surface area contributed by atoms with E-state index in [0.29, 0.717) is 6.61 Å². The molecular weight excluding hydrogens is 321 g/mol. The monoisotopic (exact) mass is 339 g/mol. The maximum absolute atomic E-state index is 11.9. The highest BCUT2D eigenvalue weighted by Gasteiger charge is 2.21. The van der Waals surface area contributed by atoms with Crippen molar-refractivity contribution in [2.75, 3.05) is 20.8 Å². The quantitative estimate of drug-likeness (QED) is 0.443. The van der Waals surface area contributed by atoms with Gasteiger partial charge >= 0.3 is 6.03 Å². The van der Waals surface area contributed by atoms with E-state index in [1.165, 1.54) is 0 Å². The maximum atomic E-state index is 11.9. The molecule has 1 heterocycles. The number of halogens is 1. The van der Waals surface area contributed by atoms with Crippen molar-refractivity contribution in [3.8, 4) is 0 Å². The fourth-order valence-electron chi connectivity index (χ4n) is 1.29. The molecule has 0 saturated carbocycles. The second-order valence-electron chi connectivity index (χ2n) is 3.68. The van der Waals surface area contributed by atoms with Gasteiger partial charge in [0.1, 0.15) is 12.4 Å². The van der Waals surface area contributed by atoms with Crippen molar-refractivity contribution in [2.45, 2.75) is 13.0 Å². The Morgan fingerprint density at radius 3 is 2.69 bits per heavy atom. The van der Waals surface area contributed by atoms with E-state index in [0.717, 1.165) is 0 Å². The smallest absolute Gasteiger partial charge is 0.415 e. The van der Waals surface area contributed by atoms with Gasteiger partial charge < -0.3 is 33.6 Å². The van der Waals surface area contributed by atoms with Gasteiger partial charge in [-0.1, -0.05) is 0 Å². The first kappa shape index (κ1) is 15.4. The van der Waals surface area contributed by atoms with E-state index in [-0.39, 0.29) is 36.0 Å². The van der Waals surface area contributed by atoms with Crippen LogP contribution in [0.25, 0.3) is 0 Å². The van der Waals surface area contributed by atoms with Gasteiger partial charge in [0.05, 0.1) is 19.7 Å². The molecule has 0 aliphatic carbocycles. The molecule has 0 saturated heterocycles. The van der Waals surface area contributed by atoms with Gasteiger partial charge in [-0.25, -0.2) is 9.36 Å². The molecule has 0 fully saturated rings. The lowest BCUT2D eigenvalue weighted by atomic mass is 10.3. The van der Waals surface area contributed by atoms with Crippen molar-refractivity contribution in [1.82, 2.24) is 9.47 Å². The number of likely N-dealkylation sites (N-methyl/N-ethyl adjacent to an activating group) is 1. The highest BCUT2D eigenvalue weighted by Crippen LogP contribution is 1.99. The molecule has 0 aliphatic rings. The van der Waals surface area contributed by atoms with Crippen molar-refractivity contribution < 1.29 is 38.1 Å². The topological polar surface area (TPSA) is 38.4 Å². The number of methoxy groups -OCH3 is 1. The fraction of sp³-hybridized carbons (Fsp3) is 0.600.